The summed E-state index contributed by atoms with van der Waals surface area (Å²) in [6, 6.07) is 56.4. The number of aromatic nitrogens is 2. The molecule has 2 aromatic heterocycles. The molecule has 0 spiro atoms. The predicted molar refractivity (Wildman–Crippen MR) is 225 cm³/mol. The second-order valence-corrected chi connectivity index (χ2v) is 14.1. The molecule has 0 saturated carbocycles. The number of para-hydroxylation sites is 2. The summed E-state index contributed by atoms with van der Waals surface area (Å²) in [5.74, 6) is 0. The van der Waals surface area contributed by atoms with Gasteiger partial charge < -0.3 is 0 Å². The third kappa shape index (κ3) is 6.07. The van der Waals surface area contributed by atoms with E-state index in [0.29, 0.717) is 0 Å². The molecule has 1 aliphatic rings. The smallest absolute Gasteiger partial charge is 0.0709 e. The predicted octanol–water partition coefficient (Wildman–Crippen LogP) is 13.5. The highest BCUT2D eigenvalue weighted by Gasteiger charge is 2.40. The standard InChI is InChI=1S/C51H40N2/c1-3-51(4-2)45-33-37(15-13-35-17-23-41(24-18-35)49-31-27-39-9-5-7-11-47(39)52-49)21-29-43(45)44-30-22-38(34-46(44)51)16-14-36-19-25-42(26-20-36)50-32-28-40-10-6-8-12-48(40)53-50/h5-34H,3-4H2,1-2H3. The first kappa shape index (κ1) is 32.5. The molecule has 2 nitrogen and oxygen atoms in total. The number of fused-ring (bicyclic) bond motifs is 5. The molecule has 0 atom stereocenters. The van der Waals surface area contributed by atoms with Gasteiger partial charge >= 0.3 is 0 Å². The monoisotopic (exact) mass is 680 g/mol. The Bertz CT molecular complexity index is 2490. The third-order valence-electron chi connectivity index (χ3n) is 11.2. The van der Waals surface area contributed by atoms with Gasteiger partial charge in [-0.1, -0.05) is 172 Å². The van der Waals surface area contributed by atoms with Crippen molar-refractivity contribution >= 4 is 46.1 Å². The van der Waals surface area contributed by atoms with Crippen molar-refractivity contribution in [2.24, 2.45) is 0 Å². The lowest BCUT2D eigenvalue weighted by Gasteiger charge is -2.30. The molecule has 2 heterocycles. The van der Waals surface area contributed by atoms with Crippen LogP contribution in [0.25, 0.3) is 79.8 Å². The number of pyridine rings is 2. The van der Waals surface area contributed by atoms with Crippen LogP contribution in [0, 0.1) is 0 Å². The highest BCUT2D eigenvalue weighted by molar-refractivity contribution is 5.86. The van der Waals surface area contributed by atoms with Crippen LogP contribution in [0.3, 0.4) is 0 Å². The van der Waals surface area contributed by atoms with E-state index in [9.17, 15) is 0 Å². The first-order chi connectivity index (χ1) is 26.1. The summed E-state index contributed by atoms with van der Waals surface area (Å²) in [5.41, 5.74) is 16.7. The van der Waals surface area contributed by atoms with Crippen LogP contribution in [0.15, 0.2) is 158 Å². The summed E-state index contributed by atoms with van der Waals surface area (Å²) in [4.78, 5) is 9.75. The molecule has 0 aliphatic heterocycles. The molecule has 2 heteroatoms. The molecule has 6 aromatic carbocycles. The third-order valence-corrected chi connectivity index (χ3v) is 11.2. The molecule has 0 fully saturated rings. The van der Waals surface area contributed by atoms with Crippen LogP contribution in [0.1, 0.15) is 60.1 Å². The quantitative estimate of drug-likeness (QED) is 0.149. The average molecular weight is 681 g/mol. The summed E-state index contributed by atoms with van der Waals surface area (Å²) in [6.07, 6.45) is 11.0. The number of rotatable bonds is 8. The van der Waals surface area contributed by atoms with Crippen molar-refractivity contribution in [3.63, 3.8) is 0 Å². The molecule has 0 N–H and O–H groups in total. The van der Waals surface area contributed by atoms with Gasteiger partial charge in [0.15, 0.2) is 0 Å². The second kappa shape index (κ2) is 13.6. The summed E-state index contributed by atoms with van der Waals surface area (Å²) in [5, 5.41) is 2.32. The van der Waals surface area contributed by atoms with Gasteiger partial charge in [0.1, 0.15) is 0 Å². The van der Waals surface area contributed by atoms with Crippen molar-refractivity contribution in [1.29, 1.82) is 0 Å². The molecular formula is C51H40N2. The van der Waals surface area contributed by atoms with E-state index in [1.54, 1.807) is 0 Å². The van der Waals surface area contributed by atoms with Gasteiger partial charge in [-0.2, -0.15) is 0 Å². The van der Waals surface area contributed by atoms with Crippen molar-refractivity contribution in [2.45, 2.75) is 32.1 Å². The van der Waals surface area contributed by atoms with Crippen LogP contribution in [-0.4, -0.2) is 9.97 Å². The van der Waals surface area contributed by atoms with Gasteiger partial charge in [0.05, 0.1) is 22.4 Å². The zero-order valence-electron chi connectivity index (χ0n) is 30.1. The molecule has 8 aromatic rings. The maximum absolute atomic E-state index is 4.87. The Labute approximate surface area is 311 Å². The van der Waals surface area contributed by atoms with Crippen molar-refractivity contribution in [1.82, 2.24) is 9.97 Å². The SMILES string of the molecule is CCC1(CC)c2cc(C=Cc3ccc(-c4ccc5ccccc5n4)cc3)ccc2-c2ccc(C=Cc3ccc(-c4ccc5ccccc5n4)cc3)cc21. The summed E-state index contributed by atoms with van der Waals surface area (Å²) in [6.45, 7) is 4.68. The van der Waals surface area contributed by atoms with Crippen LogP contribution in [0.5, 0.6) is 0 Å². The topological polar surface area (TPSA) is 25.8 Å². The van der Waals surface area contributed by atoms with E-state index < -0.39 is 0 Å². The van der Waals surface area contributed by atoms with Crippen LogP contribution >= 0.6 is 0 Å². The van der Waals surface area contributed by atoms with Crippen molar-refractivity contribution < 1.29 is 0 Å². The van der Waals surface area contributed by atoms with E-state index in [-0.39, 0.29) is 5.41 Å². The van der Waals surface area contributed by atoms with Gasteiger partial charge in [-0.25, -0.2) is 9.97 Å². The molecule has 254 valence electrons. The second-order valence-electron chi connectivity index (χ2n) is 14.1. The maximum Gasteiger partial charge on any atom is 0.0709 e. The van der Waals surface area contributed by atoms with Crippen LogP contribution in [-0.2, 0) is 5.41 Å². The zero-order valence-corrected chi connectivity index (χ0v) is 30.1. The summed E-state index contributed by atoms with van der Waals surface area (Å²) < 4.78 is 0. The minimum atomic E-state index is -0.0125. The minimum absolute atomic E-state index is 0.0125. The van der Waals surface area contributed by atoms with Crippen LogP contribution < -0.4 is 0 Å². The molecule has 0 unspecified atom stereocenters. The summed E-state index contributed by atoms with van der Waals surface area (Å²) >= 11 is 0. The van der Waals surface area contributed by atoms with E-state index in [4.69, 9.17) is 9.97 Å². The Hall–Kier alpha value is -6.38. The van der Waals surface area contributed by atoms with E-state index in [2.05, 4.69) is 184 Å². The van der Waals surface area contributed by atoms with Crippen molar-refractivity contribution in [2.75, 3.05) is 0 Å². The molecule has 0 amide bonds. The molecule has 53 heavy (non-hydrogen) atoms. The first-order valence-electron chi connectivity index (χ1n) is 18.7. The zero-order chi connectivity index (χ0) is 35.8. The van der Waals surface area contributed by atoms with Crippen molar-refractivity contribution in [3.8, 4) is 33.6 Å². The van der Waals surface area contributed by atoms with E-state index in [1.807, 2.05) is 12.1 Å². The maximum atomic E-state index is 4.87. The van der Waals surface area contributed by atoms with E-state index in [1.165, 1.54) is 44.5 Å². The number of nitrogens with zero attached hydrogens (tertiary/aromatic N) is 2. The molecule has 0 bridgehead atoms. The van der Waals surface area contributed by atoms with Crippen LogP contribution in [0.4, 0.5) is 0 Å². The fourth-order valence-corrected chi connectivity index (χ4v) is 8.12. The van der Waals surface area contributed by atoms with Gasteiger partial charge in [-0.05, 0) is 81.6 Å². The van der Waals surface area contributed by atoms with E-state index >= 15 is 0 Å². The Balaban J connectivity index is 0.937. The Morgan fingerprint density at radius 1 is 0.415 bits per heavy atom. The number of hydrogen-bond acceptors (Lipinski definition) is 2. The highest BCUT2D eigenvalue weighted by atomic mass is 14.7. The lowest BCUT2D eigenvalue weighted by atomic mass is 9.73. The van der Waals surface area contributed by atoms with Gasteiger partial charge in [-0.15, -0.1) is 0 Å². The fourth-order valence-electron chi connectivity index (χ4n) is 8.12. The van der Waals surface area contributed by atoms with E-state index in [0.717, 1.165) is 57.2 Å². The molecule has 0 saturated heterocycles. The van der Waals surface area contributed by atoms with Crippen LogP contribution in [0.2, 0.25) is 0 Å². The van der Waals surface area contributed by atoms with Gasteiger partial charge in [0, 0.05) is 27.3 Å². The Morgan fingerprint density at radius 2 is 0.811 bits per heavy atom. The molecule has 0 radical (unpaired) electrons. The largest absolute Gasteiger partial charge is 0.248 e. The average Bonchev–Trinajstić information content (AvgIpc) is 3.50. The van der Waals surface area contributed by atoms with Gasteiger partial charge in [0.2, 0.25) is 0 Å². The Morgan fingerprint density at radius 3 is 1.25 bits per heavy atom. The lowest BCUT2D eigenvalue weighted by molar-refractivity contribution is 0.490. The van der Waals surface area contributed by atoms with Gasteiger partial charge in [0.25, 0.3) is 0 Å². The molecule has 1 aliphatic carbocycles. The lowest BCUT2D eigenvalue weighted by Crippen LogP contribution is -2.23. The number of hydrogen-bond donors (Lipinski definition) is 0. The molecule has 9 rings (SSSR count). The molecular weight excluding hydrogens is 641 g/mol. The minimum Gasteiger partial charge on any atom is -0.248 e. The van der Waals surface area contributed by atoms with Crippen molar-refractivity contribution in [3.05, 3.63) is 191 Å². The van der Waals surface area contributed by atoms with Gasteiger partial charge in [-0.3, -0.25) is 0 Å². The number of benzene rings is 6. The normalized spacial score (nSPS) is 13.2. The fraction of sp³-hybridized carbons (Fsp3) is 0.0980. The first-order valence-corrected chi connectivity index (χ1v) is 18.7. The summed E-state index contributed by atoms with van der Waals surface area (Å²) in [7, 11) is 0. The Kier molecular flexibility index (Phi) is 8.37. The highest BCUT2D eigenvalue weighted by Crippen LogP contribution is 2.53.